The molecule has 26 heavy (non-hydrogen) atoms. The van der Waals surface area contributed by atoms with Crippen molar-refractivity contribution in [3.63, 3.8) is 0 Å². The standard InChI is InChI=1S/C19H15FN6/c1-11-3-4-15(20)14(9-11)17-25-18-16(22-7-8-23-18)19(26-17)24-13-5-6-21-12(2)10-13/h3-10H,1-2H3,(H,21,23,24,25,26). The molecule has 4 aromatic rings. The molecule has 0 aliphatic carbocycles. The van der Waals surface area contributed by atoms with Gasteiger partial charge < -0.3 is 5.32 Å². The molecule has 0 saturated carbocycles. The van der Waals surface area contributed by atoms with Crippen LogP contribution in [0.4, 0.5) is 15.9 Å². The molecule has 128 valence electrons. The number of aryl methyl sites for hydroxylation is 2. The summed E-state index contributed by atoms with van der Waals surface area (Å²) in [6.45, 7) is 3.79. The Labute approximate surface area is 149 Å². The lowest BCUT2D eigenvalue weighted by Gasteiger charge is -2.11. The molecule has 0 fully saturated rings. The molecule has 0 bridgehead atoms. The quantitative estimate of drug-likeness (QED) is 0.605. The van der Waals surface area contributed by atoms with E-state index in [4.69, 9.17) is 0 Å². The minimum absolute atomic E-state index is 0.257. The second-order valence-electron chi connectivity index (χ2n) is 5.92. The van der Waals surface area contributed by atoms with Crippen molar-refractivity contribution >= 4 is 22.7 Å². The number of nitrogens with one attached hydrogen (secondary N) is 1. The highest BCUT2D eigenvalue weighted by atomic mass is 19.1. The van der Waals surface area contributed by atoms with Crippen molar-refractivity contribution in [1.29, 1.82) is 0 Å². The fourth-order valence-corrected chi connectivity index (χ4v) is 2.64. The first kappa shape index (κ1) is 16.0. The topological polar surface area (TPSA) is 76.5 Å². The zero-order valence-corrected chi connectivity index (χ0v) is 14.2. The van der Waals surface area contributed by atoms with Crippen molar-refractivity contribution in [3.05, 3.63) is 66.0 Å². The largest absolute Gasteiger partial charge is 0.338 e. The maximum absolute atomic E-state index is 14.3. The molecular formula is C19H15FN6. The summed E-state index contributed by atoms with van der Waals surface area (Å²) in [7, 11) is 0. The third kappa shape index (κ3) is 3.06. The van der Waals surface area contributed by atoms with Gasteiger partial charge in [0.2, 0.25) is 0 Å². The van der Waals surface area contributed by atoms with E-state index in [2.05, 4.69) is 30.2 Å². The lowest BCUT2D eigenvalue weighted by molar-refractivity contribution is 0.629. The zero-order chi connectivity index (χ0) is 18.1. The number of fused-ring (bicyclic) bond motifs is 1. The number of halogens is 1. The molecule has 0 saturated heterocycles. The molecule has 6 nitrogen and oxygen atoms in total. The zero-order valence-electron chi connectivity index (χ0n) is 14.2. The predicted octanol–water partition coefficient (Wildman–Crippen LogP) is 3.98. The lowest BCUT2D eigenvalue weighted by atomic mass is 10.1. The summed E-state index contributed by atoms with van der Waals surface area (Å²) in [6, 6.07) is 8.54. The van der Waals surface area contributed by atoms with Gasteiger partial charge in [0.25, 0.3) is 0 Å². The maximum Gasteiger partial charge on any atom is 0.184 e. The van der Waals surface area contributed by atoms with E-state index in [0.29, 0.717) is 22.5 Å². The van der Waals surface area contributed by atoms with E-state index >= 15 is 0 Å². The van der Waals surface area contributed by atoms with Crippen LogP contribution in [0.15, 0.2) is 48.9 Å². The second-order valence-corrected chi connectivity index (χ2v) is 5.92. The molecule has 4 rings (SSSR count). The average molecular weight is 346 g/mol. The number of pyridine rings is 1. The van der Waals surface area contributed by atoms with Crippen LogP contribution in [0.5, 0.6) is 0 Å². The van der Waals surface area contributed by atoms with Crippen molar-refractivity contribution in [2.45, 2.75) is 13.8 Å². The van der Waals surface area contributed by atoms with Crippen molar-refractivity contribution in [3.8, 4) is 11.4 Å². The van der Waals surface area contributed by atoms with Crippen LogP contribution < -0.4 is 5.32 Å². The van der Waals surface area contributed by atoms with Gasteiger partial charge in [-0.2, -0.15) is 0 Å². The number of rotatable bonds is 3. The van der Waals surface area contributed by atoms with Crippen LogP contribution in [0.2, 0.25) is 0 Å². The van der Waals surface area contributed by atoms with Crippen LogP contribution in [-0.2, 0) is 0 Å². The Morgan fingerprint density at radius 1 is 0.885 bits per heavy atom. The van der Waals surface area contributed by atoms with Crippen molar-refractivity contribution < 1.29 is 4.39 Å². The van der Waals surface area contributed by atoms with Gasteiger partial charge in [0.05, 0.1) is 5.56 Å². The van der Waals surface area contributed by atoms with Gasteiger partial charge in [0.1, 0.15) is 5.82 Å². The Morgan fingerprint density at radius 3 is 2.58 bits per heavy atom. The van der Waals surface area contributed by atoms with Crippen LogP contribution in [0, 0.1) is 19.7 Å². The molecule has 1 N–H and O–H groups in total. The number of hydrogen-bond acceptors (Lipinski definition) is 6. The normalized spacial score (nSPS) is 10.9. The number of aromatic nitrogens is 5. The Kier molecular flexibility index (Phi) is 3.96. The molecule has 3 heterocycles. The first-order valence-electron chi connectivity index (χ1n) is 8.05. The fraction of sp³-hybridized carbons (Fsp3) is 0.105. The van der Waals surface area contributed by atoms with Gasteiger partial charge in [0, 0.05) is 30.0 Å². The highest BCUT2D eigenvalue weighted by Crippen LogP contribution is 2.27. The lowest BCUT2D eigenvalue weighted by Crippen LogP contribution is -2.03. The fourth-order valence-electron chi connectivity index (χ4n) is 2.64. The van der Waals surface area contributed by atoms with Crippen LogP contribution in [0.1, 0.15) is 11.3 Å². The van der Waals surface area contributed by atoms with Crippen molar-refractivity contribution in [2.75, 3.05) is 5.32 Å². The molecule has 7 heteroatoms. The molecule has 0 radical (unpaired) electrons. The third-order valence-corrected chi connectivity index (χ3v) is 3.85. The third-order valence-electron chi connectivity index (χ3n) is 3.85. The van der Waals surface area contributed by atoms with Gasteiger partial charge in [-0.1, -0.05) is 11.6 Å². The van der Waals surface area contributed by atoms with E-state index < -0.39 is 0 Å². The Hall–Kier alpha value is -3.48. The molecular weight excluding hydrogens is 331 g/mol. The van der Waals surface area contributed by atoms with E-state index in [-0.39, 0.29) is 11.6 Å². The van der Waals surface area contributed by atoms with Gasteiger partial charge in [-0.25, -0.2) is 24.3 Å². The SMILES string of the molecule is Cc1ccc(F)c(-c2nc(Nc3ccnc(C)c3)c3nccnc3n2)c1. The van der Waals surface area contributed by atoms with Gasteiger partial charge in [0.15, 0.2) is 22.8 Å². The van der Waals surface area contributed by atoms with E-state index in [1.807, 2.05) is 26.0 Å². The Bertz CT molecular complexity index is 1110. The van der Waals surface area contributed by atoms with Gasteiger partial charge >= 0.3 is 0 Å². The van der Waals surface area contributed by atoms with Gasteiger partial charge in [-0.15, -0.1) is 0 Å². The minimum atomic E-state index is -0.385. The molecule has 0 atom stereocenters. The molecule has 0 amide bonds. The molecule has 0 unspecified atom stereocenters. The highest BCUT2D eigenvalue weighted by Gasteiger charge is 2.15. The van der Waals surface area contributed by atoms with Crippen LogP contribution in [0.25, 0.3) is 22.6 Å². The van der Waals surface area contributed by atoms with E-state index in [1.54, 1.807) is 30.7 Å². The Morgan fingerprint density at radius 2 is 1.73 bits per heavy atom. The summed E-state index contributed by atoms with van der Waals surface area (Å²) in [5, 5.41) is 3.22. The first-order chi connectivity index (χ1) is 12.6. The second kappa shape index (κ2) is 6.44. The van der Waals surface area contributed by atoms with E-state index in [9.17, 15) is 4.39 Å². The molecule has 0 aliphatic rings. The van der Waals surface area contributed by atoms with Crippen molar-refractivity contribution in [2.24, 2.45) is 0 Å². The van der Waals surface area contributed by atoms with Crippen LogP contribution in [0.3, 0.4) is 0 Å². The summed E-state index contributed by atoms with van der Waals surface area (Å²) < 4.78 is 14.3. The summed E-state index contributed by atoms with van der Waals surface area (Å²) in [5.74, 6) is 0.335. The maximum atomic E-state index is 14.3. The Balaban J connectivity index is 1.90. The summed E-state index contributed by atoms with van der Waals surface area (Å²) in [4.78, 5) is 21.6. The van der Waals surface area contributed by atoms with Gasteiger partial charge in [-0.05, 0) is 38.1 Å². The summed E-state index contributed by atoms with van der Waals surface area (Å²) in [5.41, 5.74) is 3.82. The molecule has 3 aromatic heterocycles. The van der Waals surface area contributed by atoms with Crippen molar-refractivity contribution in [1.82, 2.24) is 24.9 Å². The average Bonchev–Trinajstić information content (AvgIpc) is 2.64. The smallest absolute Gasteiger partial charge is 0.184 e. The number of anilines is 2. The highest BCUT2D eigenvalue weighted by molar-refractivity contribution is 5.86. The predicted molar refractivity (Wildman–Crippen MR) is 97.5 cm³/mol. The number of nitrogens with zero attached hydrogens (tertiary/aromatic N) is 5. The summed E-state index contributed by atoms with van der Waals surface area (Å²) >= 11 is 0. The minimum Gasteiger partial charge on any atom is -0.338 e. The summed E-state index contributed by atoms with van der Waals surface area (Å²) in [6.07, 6.45) is 4.82. The van der Waals surface area contributed by atoms with Gasteiger partial charge in [-0.3, -0.25) is 4.98 Å². The van der Waals surface area contributed by atoms with E-state index in [1.165, 1.54) is 6.07 Å². The first-order valence-corrected chi connectivity index (χ1v) is 8.05. The molecule has 1 aromatic carbocycles. The monoisotopic (exact) mass is 346 g/mol. The van der Waals surface area contributed by atoms with E-state index in [0.717, 1.165) is 16.9 Å². The molecule has 0 aliphatic heterocycles. The van der Waals surface area contributed by atoms with Crippen LogP contribution in [-0.4, -0.2) is 24.9 Å². The van der Waals surface area contributed by atoms with Crippen LogP contribution >= 0.6 is 0 Å². The molecule has 0 spiro atoms. The number of benzene rings is 1. The number of hydrogen-bond donors (Lipinski definition) is 1.